The van der Waals surface area contributed by atoms with E-state index in [4.69, 9.17) is 25.6 Å². The number of thiophene rings is 1. The summed E-state index contributed by atoms with van der Waals surface area (Å²) in [7, 11) is -3.93. The number of phenolic OH excluding ortho intramolecular Hbond substituents is 1. The zero-order chi connectivity index (χ0) is 19.9. The van der Waals surface area contributed by atoms with E-state index in [1.54, 1.807) is 24.4 Å². The van der Waals surface area contributed by atoms with Gasteiger partial charge in [0.2, 0.25) is 12.5 Å². The Morgan fingerprint density at radius 3 is 2.82 bits per heavy atom. The lowest BCUT2D eigenvalue weighted by molar-refractivity contribution is 0.171. The Kier molecular flexibility index (Phi) is 4.86. The second-order valence-corrected chi connectivity index (χ2v) is 9.00. The van der Waals surface area contributed by atoms with Crippen LogP contribution < -0.4 is 13.8 Å². The van der Waals surface area contributed by atoms with Crippen molar-refractivity contribution < 1.29 is 27.5 Å². The number of aromatic nitrogens is 1. The number of nitrogens with zero attached hydrogens (tertiary/aromatic N) is 2. The first-order valence-corrected chi connectivity index (χ1v) is 10.9. The largest absolute Gasteiger partial charge is 0.504 e. The number of ether oxygens (including phenoxy) is 2. The van der Waals surface area contributed by atoms with Gasteiger partial charge < -0.3 is 19.1 Å². The molecule has 0 saturated carbocycles. The average Bonchev–Trinajstić information content (AvgIpc) is 3.41. The van der Waals surface area contributed by atoms with Gasteiger partial charge in [0.05, 0.1) is 4.90 Å². The molecule has 0 unspecified atom stereocenters. The first kappa shape index (κ1) is 18.9. The molecule has 2 aromatic heterocycles. The number of benzene rings is 1. The number of anilines is 1. The summed E-state index contributed by atoms with van der Waals surface area (Å²) in [6, 6.07) is 4.83. The Morgan fingerprint density at radius 2 is 2.14 bits per heavy atom. The van der Waals surface area contributed by atoms with Crippen LogP contribution in [0, 0.1) is 6.92 Å². The molecule has 1 aromatic carbocycles. The van der Waals surface area contributed by atoms with Crippen molar-refractivity contribution in [1.29, 1.82) is 0 Å². The molecule has 0 aliphatic carbocycles. The number of phenols is 1. The van der Waals surface area contributed by atoms with Crippen molar-refractivity contribution >= 4 is 38.8 Å². The number of hydrogen-bond donors (Lipinski definition) is 1. The summed E-state index contributed by atoms with van der Waals surface area (Å²) >= 11 is 7.48. The van der Waals surface area contributed by atoms with Crippen LogP contribution in [0.5, 0.6) is 17.2 Å². The van der Waals surface area contributed by atoms with Crippen molar-refractivity contribution in [3.05, 3.63) is 45.2 Å². The molecule has 3 heterocycles. The van der Waals surface area contributed by atoms with Gasteiger partial charge in [0.1, 0.15) is 10.7 Å². The Labute approximate surface area is 169 Å². The summed E-state index contributed by atoms with van der Waals surface area (Å²) in [5, 5.41) is 17.5. The SMILES string of the molecule is Cc1noc(N(CCc2ccc3c(c2O)OCO3)S(=O)(=O)c2ccsc2)c1Cl. The lowest BCUT2D eigenvalue weighted by Crippen LogP contribution is -2.32. The molecule has 3 aromatic rings. The molecule has 0 radical (unpaired) electrons. The molecule has 0 bridgehead atoms. The fourth-order valence-electron chi connectivity index (χ4n) is 2.78. The molecule has 1 aliphatic rings. The van der Waals surface area contributed by atoms with E-state index in [1.165, 1.54) is 22.8 Å². The minimum atomic E-state index is -3.93. The second-order valence-electron chi connectivity index (χ2n) is 5.98. The van der Waals surface area contributed by atoms with Crippen LogP contribution in [-0.2, 0) is 16.4 Å². The zero-order valence-corrected chi connectivity index (χ0v) is 17.0. The van der Waals surface area contributed by atoms with E-state index in [0.29, 0.717) is 17.0 Å². The highest BCUT2D eigenvalue weighted by Gasteiger charge is 2.31. The third-order valence-corrected chi connectivity index (χ3v) is 7.31. The van der Waals surface area contributed by atoms with Gasteiger partial charge in [-0.25, -0.2) is 12.7 Å². The second kappa shape index (κ2) is 7.19. The van der Waals surface area contributed by atoms with Crippen LogP contribution in [0.3, 0.4) is 0 Å². The van der Waals surface area contributed by atoms with E-state index in [-0.39, 0.29) is 47.1 Å². The molecule has 148 valence electrons. The number of aromatic hydroxyl groups is 1. The molecular formula is C17H15ClN2O6S2. The molecule has 1 aliphatic heterocycles. The van der Waals surface area contributed by atoms with Crippen molar-refractivity contribution in [3.63, 3.8) is 0 Å². The average molecular weight is 443 g/mol. The summed E-state index contributed by atoms with van der Waals surface area (Å²) in [6.45, 7) is 1.62. The van der Waals surface area contributed by atoms with Crippen LogP contribution >= 0.6 is 22.9 Å². The van der Waals surface area contributed by atoms with Crippen molar-refractivity contribution in [3.8, 4) is 17.2 Å². The number of sulfonamides is 1. The van der Waals surface area contributed by atoms with Crippen LogP contribution in [0.4, 0.5) is 5.88 Å². The van der Waals surface area contributed by atoms with Gasteiger partial charge in [-0.3, -0.25) is 0 Å². The molecule has 0 spiro atoms. The smallest absolute Gasteiger partial charge is 0.267 e. The van der Waals surface area contributed by atoms with Crippen molar-refractivity contribution in [2.24, 2.45) is 0 Å². The van der Waals surface area contributed by atoms with Gasteiger partial charge in [-0.2, -0.15) is 11.3 Å². The quantitative estimate of drug-likeness (QED) is 0.622. The Hall–Kier alpha value is -2.43. The van der Waals surface area contributed by atoms with Gasteiger partial charge in [-0.1, -0.05) is 22.8 Å². The number of halogens is 1. The van der Waals surface area contributed by atoms with Crippen molar-refractivity contribution in [2.45, 2.75) is 18.2 Å². The summed E-state index contributed by atoms with van der Waals surface area (Å²) < 4.78 is 43.0. The monoisotopic (exact) mass is 442 g/mol. The lowest BCUT2D eigenvalue weighted by Gasteiger charge is -2.21. The number of aryl methyl sites for hydroxylation is 1. The maximum absolute atomic E-state index is 13.1. The third-order valence-electron chi connectivity index (χ3n) is 4.26. The summed E-state index contributed by atoms with van der Waals surface area (Å²) in [5.74, 6) is 0.546. The normalized spacial score (nSPS) is 13.1. The van der Waals surface area contributed by atoms with Crippen LogP contribution in [0.1, 0.15) is 11.3 Å². The minimum absolute atomic E-state index is 0.0258. The molecule has 0 saturated heterocycles. The zero-order valence-electron chi connectivity index (χ0n) is 14.6. The fourth-order valence-corrected chi connectivity index (χ4v) is 5.43. The van der Waals surface area contributed by atoms with Crippen molar-refractivity contribution in [1.82, 2.24) is 5.16 Å². The van der Waals surface area contributed by atoms with Crippen molar-refractivity contribution in [2.75, 3.05) is 17.6 Å². The van der Waals surface area contributed by atoms with E-state index in [2.05, 4.69) is 5.16 Å². The van der Waals surface area contributed by atoms with Gasteiger partial charge in [0.25, 0.3) is 15.9 Å². The summed E-state index contributed by atoms with van der Waals surface area (Å²) in [4.78, 5) is 0.123. The summed E-state index contributed by atoms with van der Waals surface area (Å²) in [6.07, 6.45) is 0.182. The maximum atomic E-state index is 13.1. The van der Waals surface area contributed by atoms with Gasteiger partial charge in [0, 0.05) is 11.9 Å². The van der Waals surface area contributed by atoms with Gasteiger partial charge in [0.15, 0.2) is 11.5 Å². The molecular weight excluding hydrogens is 428 g/mol. The van der Waals surface area contributed by atoms with Crippen LogP contribution in [0.2, 0.25) is 5.02 Å². The van der Waals surface area contributed by atoms with E-state index < -0.39 is 10.0 Å². The van der Waals surface area contributed by atoms with E-state index >= 15 is 0 Å². The molecule has 28 heavy (non-hydrogen) atoms. The molecule has 0 amide bonds. The fraction of sp³-hybridized carbons (Fsp3) is 0.235. The highest BCUT2D eigenvalue weighted by Crippen LogP contribution is 2.43. The Morgan fingerprint density at radius 1 is 1.32 bits per heavy atom. The highest BCUT2D eigenvalue weighted by molar-refractivity contribution is 7.93. The number of fused-ring (bicyclic) bond motifs is 1. The predicted octanol–water partition coefficient (Wildman–Crippen LogP) is 3.57. The molecule has 8 nitrogen and oxygen atoms in total. The van der Waals surface area contributed by atoms with Gasteiger partial charge >= 0.3 is 0 Å². The van der Waals surface area contributed by atoms with Crippen LogP contribution in [-0.4, -0.2) is 32.0 Å². The van der Waals surface area contributed by atoms with E-state index in [0.717, 1.165) is 4.31 Å². The van der Waals surface area contributed by atoms with Crippen LogP contribution in [0.25, 0.3) is 0 Å². The first-order chi connectivity index (χ1) is 13.4. The topological polar surface area (TPSA) is 102 Å². The van der Waals surface area contributed by atoms with E-state index in [1.807, 2.05) is 0 Å². The summed E-state index contributed by atoms with van der Waals surface area (Å²) in [5.41, 5.74) is 0.884. The lowest BCUT2D eigenvalue weighted by atomic mass is 10.1. The Balaban J connectivity index is 1.68. The predicted molar refractivity (Wildman–Crippen MR) is 103 cm³/mol. The molecule has 4 rings (SSSR count). The van der Waals surface area contributed by atoms with E-state index in [9.17, 15) is 13.5 Å². The maximum Gasteiger partial charge on any atom is 0.267 e. The number of rotatable bonds is 6. The van der Waals surface area contributed by atoms with Gasteiger partial charge in [-0.05, 0) is 36.4 Å². The molecule has 11 heteroatoms. The third kappa shape index (κ3) is 3.17. The molecule has 0 fully saturated rings. The van der Waals surface area contributed by atoms with Crippen LogP contribution in [0.15, 0.2) is 38.4 Å². The minimum Gasteiger partial charge on any atom is -0.504 e. The first-order valence-electron chi connectivity index (χ1n) is 8.16. The molecule has 0 atom stereocenters. The number of hydrogen-bond acceptors (Lipinski definition) is 8. The van der Waals surface area contributed by atoms with Gasteiger partial charge in [-0.15, -0.1) is 0 Å². The highest BCUT2D eigenvalue weighted by atomic mass is 35.5. The molecule has 1 N–H and O–H groups in total. The Bertz CT molecular complexity index is 1110. The standard InChI is InChI=1S/C17H15ClN2O6S2/c1-10-14(18)17(26-19-10)20(28(22,23)12-5-7-27-8-12)6-4-11-2-3-13-16(15(11)21)25-9-24-13/h2-3,5,7-8,21H,4,6,9H2,1H3.